The molecule has 3 heterocycles. The van der Waals surface area contributed by atoms with E-state index in [4.69, 9.17) is 9.47 Å². The third-order valence-corrected chi connectivity index (χ3v) is 4.96. The first-order chi connectivity index (χ1) is 10.6. The first-order valence-corrected chi connectivity index (χ1v) is 8.13. The van der Waals surface area contributed by atoms with Gasteiger partial charge in [-0.1, -0.05) is 0 Å². The molecule has 2 aromatic heterocycles. The zero-order valence-corrected chi connectivity index (χ0v) is 13.7. The fourth-order valence-electron chi connectivity index (χ4n) is 2.68. The Morgan fingerprint density at radius 3 is 2.95 bits per heavy atom. The van der Waals surface area contributed by atoms with Gasteiger partial charge in [-0.3, -0.25) is 0 Å². The molecule has 0 spiro atoms. The third-order valence-electron chi connectivity index (χ3n) is 3.79. The minimum atomic E-state index is -0.330. The number of carbonyl (C=O) groups excluding carboxylic acids is 1. The van der Waals surface area contributed by atoms with E-state index in [0.717, 1.165) is 41.0 Å². The molecule has 2 aromatic rings. The normalized spacial score (nSPS) is 17.9. The molecule has 22 heavy (non-hydrogen) atoms. The second-order valence-corrected chi connectivity index (χ2v) is 6.36. The van der Waals surface area contributed by atoms with Gasteiger partial charge in [0, 0.05) is 13.2 Å². The molecule has 1 N–H and O–H groups in total. The molecule has 6 nitrogen and oxygen atoms in total. The molecule has 118 valence electrons. The van der Waals surface area contributed by atoms with E-state index < -0.39 is 0 Å². The van der Waals surface area contributed by atoms with Gasteiger partial charge in [0.2, 0.25) is 0 Å². The molecule has 7 heteroatoms. The van der Waals surface area contributed by atoms with E-state index in [2.05, 4.69) is 15.3 Å². The van der Waals surface area contributed by atoms with Crippen LogP contribution in [0.15, 0.2) is 0 Å². The lowest BCUT2D eigenvalue weighted by Crippen LogP contribution is -2.19. The van der Waals surface area contributed by atoms with E-state index in [1.54, 1.807) is 0 Å². The summed E-state index contributed by atoms with van der Waals surface area (Å²) >= 11 is 1.35. The molecular weight excluding hydrogens is 302 g/mol. The van der Waals surface area contributed by atoms with Crippen LogP contribution in [0.2, 0.25) is 0 Å². The Morgan fingerprint density at radius 2 is 2.27 bits per heavy atom. The first-order valence-electron chi connectivity index (χ1n) is 7.31. The van der Waals surface area contributed by atoms with Gasteiger partial charge in [0.25, 0.3) is 0 Å². The fourth-order valence-corrected chi connectivity index (χ4v) is 3.82. The number of rotatable bonds is 4. The highest BCUT2D eigenvalue weighted by Crippen LogP contribution is 2.34. The molecule has 0 bridgehead atoms. The number of thiophene rings is 1. The van der Waals surface area contributed by atoms with Crippen molar-refractivity contribution in [1.29, 1.82) is 0 Å². The number of fused-ring (bicyclic) bond motifs is 1. The Labute approximate surface area is 132 Å². The predicted octanol–water partition coefficient (Wildman–Crippen LogP) is 2.69. The molecule has 1 aliphatic heterocycles. The maximum Gasteiger partial charge on any atom is 0.348 e. The number of carbonyl (C=O) groups is 1. The van der Waals surface area contributed by atoms with Crippen LogP contribution in [0.4, 0.5) is 5.82 Å². The highest BCUT2D eigenvalue weighted by molar-refractivity contribution is 7.20. The van der Waals surface area contributed by atoms with Gasteiger partial charge in [-0.25, -0.2) is 14.8 Å². The molecule has 1 atom stereocenters. The van der Waals surface area contributed by atoms with Crippen LogP contribution < -0.4 is 5.32 Å². The number of ether oxygens (including phenoxy) is 2. The number of aromatic nitrogens is 2. The van der Waals surface area contributed by atoms with E-state index >= 15 is 0 Å². The van der Waals surface area contributed by atoms with Crippen molar-refractivity contribution in [2.75, 3.05) is 25.6 Å². The van der Waals surface area contributed by atoms with Crippen LogP contribution in [0.25, 0.3) is 10.2 Å². The second-order valence-electron chi connectivity index (χ2n) is 5.36. The summed E-state index contributed by atoms with van der Waals surface area (Å²) in [5.74, 6) is 1.12. The number of hydrogen-bond donors (Lipinski definition) is 1. The predicted molar refractivity (Wildman–Crippen MR) is 85.7 cm³/mol. The molecule has 0 saturated carbocycles. The van der Waals surface area contributed by atoms with Crippen molar-refractivity contribution in [2.45, 2.75) is 32.8 Å². The van der Waals surface area contributed by atoms with Crippen LogP contribution in [0, 0.1) is 13.8 Å². The van der Waals surface area contributed by atoms with Crippen molar-refractivity contribution in [3.8, 4) is 0 Å². The number of methoxy groups -OCH3 is 1. The lowest BCUT2D eigenvalue weighted by atomic mass is 10.2. The Morgan fingerprint density at radius 1 is 1.45 bits per heavy atom. The van der Waals surface area contributed by atoms with E-state index in [9.17, 15) is 4.79 Å². The molecule has 0 radical (unpaired) electrons. The van der Waals surface area contributed by atoms with Gasteiger partial charge in [-0.05, 0) is 32.3 Å². The third kappa shape index (κ3) is 2.78. The van der Waals surface area contributed by atoms with Crippen molar-refractivity contribution in [1.82, 2.24) is 9.97 Å². The summed E-state index contributed by atoms with van der Waals surface area (Å²) in [5, 5.41) is 4.26. The Hall–Kier alpha value is -1.73. The summed E-state index contributed by atoms with van der Waals surface area (Å²) < 4.78 is 10.5. The van der Waals surface area contributed by atoms with Gasteiger partial charge in [0.05, 0.1) is 18.6 Å². The quantitative estimate of drug-likeness (QED) is 0.873. The number of aryl methyl sites for hydroxylation is 2. The molecule has 1 saturated heterocycles. The van der Waals surface area contributed by atoms with Gasteiger partial charge in [-0.2, -0.15) is 0 Å². The Balaban J connectivity index is 1.97. The molecule has 0 aliphatic carbocycles. The average Bonchev–Trinajstić information content (AvgIpc) is 3.12. The van der Waals surface area contributed by atoms with Crippen LogP contribution in [-0.2, 0) is 9.47 Å². The monoisotopic (exact) mass is 321 g/mol. The number of hydrogen-bond acceptors (Lipinski definition) is 7. The van der Waals surface area contributed by atoms with Crippen LogP contribution in [0.5, 0.6) is 0 Å². The number of nitrogens with one attached hydrogen (secondary N) is 1. The molecule has 0 amide bonds. The largest absolute Gasteiger partial charge is 0.465 e. The molecule has 0 aromatic carbocycles. The highest BCUT2D eigenvalue weighted by Gasteiger charge is 2.21. The van der Waals surface area contributed by atoms with Gasteiger partial charge in [0.15, 0.2) is 0 Å². The van der Waals surface area contributed by atoms with E-state index in [-0.39, 0.29) is 12.1 Å². The van der Waals surface area contributed by atoms with Crippen LogP contribution >= 0.6 is 11.3 Å². The zero-order chi connectivity index (χ0) is 15.7. The van der Waals surface area contributed by atoms with Crippen molar-refractivity contribution in [2.24, 2.45) is 0 Å². The van der Waals surface area contributed by atoms with Gasteiger partial charge >= 0.3 is 5.97 Å². The van der Waals surface area contributed by atoms with E-state index in [0.29, 0.717) is 17.2 Å². The standard InChI is InChI=1S/C15H19N3O3S/c1-8-11-13(16-7-10-5-4-6-21-10)17-9(2)18-14(11)22-12(8)15(19)20-3/h10H,4-7H2,1-3H3,(H,16,17,18)/t10-/m0/s1. The van der Waals surface area contributed by atoms with Crippen molar-refractivity contribution in [3.63, 3.8) is 0 Å². The second kappa shape index (κ2) is 6.18. The Bertz CT molecular complexity index is 708. The van der Waals surface area contributed by atoms with Crippen LogP contribution in [-0.4, -0.2) is 42.3 Å². The lowest BCUT2D eigenvalue weighted by molar-refractivity contribution is 0.0605. The maximum absolute atomic E-state index is 11.9. The van der Waals surface area contributed by atoms with E-state index in [1.807, 2.05) is 13.8 Å². The van der Waals surface area contributed by atoms with Crippen molar-refractivity contribution in [3.05, 3.63) is 16.3 Å². The molecular formula is C15H19N3O3S. The van der Waals surface area contributed by atoms with Crippen molar-refractivity contribution >= 4 is 33.3 Å². The summed E-state index contributed by atoms with van der Waals surface area (Å²) in [6.07, 6.45) is 2.40. The molecule has 1 fully saturated rings. The SMILES string of the molecule is COC(=O)c1sc2nc(C)nc(NC[C@@H]3CCCO3)c2c1C. The number of nitrogens with zero attached hydrogens (tertiary/aromatic N) is 2. The molecule has 0 unspecified atom stereocenters. The number of esters is 1. The number of anilines is 1. The summed E-state index contributed by atoms with van der Waals surface area (Å²) in [6.45, 7) is 5.30. The van der Waals surface area contributed by atoms with Crippen molar-refractivity contribution < 1.29 is 14.3 Å². The van der Waals surface area contributed by atoms with Crippen LogP contribution in [0.1, 0.15) is 33.9 Å². The van der Waals surface area contributed by atoms with Crippen LogP contribution in [0.3, 0.4) is 0 Å². The maximum atomic E-state index is 11.9. The summed E-state index contributed by atoms with van der Waals surface area (Å²) in [4.78, 5) is 22.2. The van der Waals surface area contributed by atoms with E-state index in [1.165, 1.54) is 18.4 Å². The smallest absolute Gasteiger partial charge is 0.348 e. The van der Waals surface area contributed by atoms with Gasteiger partial charge in [0.1, 0.15) is 21.3 Å². The first kappa shape index (κ1) is 15.2. The zero-order valence-electron chi connectivity index (χ0n) is 12.9. The lowest BCUT2D eigenvalue weighted by Gasteiger charge is -2.12. The highest BCUT2D eigenvalue weighted by atomic mass is 32.1. The summed E-state index contributed by atoms with van der Waals surface area (Å²) in [6, 6.07) is 0. The van der Waals surface area contributed by atoms with Gasteiger partial charge < -0.3 is 14.8 Å². The minimum absolute atomic E-state index is 0.226. The topological polar surface area (TPSA) is 73.3 Å². The van der Waals surface area contributed by atoms with Gasteiger partial charge in [-0.15, -0.1) is 11.3 Å². The summed E-state index contributed by atoms with van der Waals surface area (Å²) in [7, 11) is 1.39. The Kier molecular flexibility index (Phi) is 4.26. The fraction of sp³-hybridized carbons (Fsp3) is 0.533. The molecule has 3 rings (SSSR count). The molecule has 1 aliphatic rings. The minimum Gasteiger partial charge on any atom is -0.465 e. The average molecular weight is 321 g/mol. The summed E-state index contributed by atoms with van der Waals surface area (Å²) in [5.41, 5.74) is 0.863.